The molecule has 1 aliphatic carbocycles. The van der Waals surface area contributed by atoms with E-state index < -0.39 is 17.7 Å². The fourth-order valence-corrected chi connectivity index (χ4v) is 3.63. The van der Waals surface area contributed by atoms with Crippen LogP contribution < -0.4 is 4.74 Å². The predicted molar refractivity (Wildman–Crippen MR) is 93.3 cm³/mol. The van der Waals surface area contributed by atoms with Crippen molar-refractivity contribution in [2.75, 3.05) is 13.1 Å². The lowest BCUT2D eigenvalue weighted by Crippen LogP contribution is -2.45. The van der Waals surface area contributed by atoms with E-state index in [2.05, 4.69) is 14.8 Å². The van der Waals surface area contributed by atoms with E-state index in [4.69, 9.17) is 4.74 Å². The van der Waals surface area contributed by atoms with Crippen molar-refractivity contribution in [3.05, 3.63) is 42.0 Å². The van der Waals surface area contributed by atoms with Crippen LogP contribution in [0.1, 0.15) is 50.4 Å². The molecule has 2 unspecified atom stereocenters. The Bertz CT molecular complexity index is 837. The molecule has 6 nitrogen and oxygen atoms in total. The number of carbonyl (C=O) groups excluding carboxylic acids is 1. The number of amides is 1. The first kappa shape index (κ1) is 17.9. The number of halogens is 2. The minimum Gasteiger partial charge on any atom is -0.481 e. The van der Waals surface area contributed by atoms with Gasteiger partial charge in [-0.1, -0.05) is 0 Å². The summed E-state index contributed by atoms with van der Waals surface area (Å²) in [6.07, 6.45) is 5.15. The van der Waals surface area contributed by atoms with Crippen LogP contribution in [0, 0.1) is 11.6 Å². The lowest BCUT2D eigenvalue weighted by Gasteiger charge is -2.34. The molecule has 2 heterocycles. The summed E-state index contributed by atoms with van der Waals surface area (Å²) < 4.78 is 34.0. The summed E-state index contributed by atoms with van der Waals surface area (Å²) in [6.45, 7) is 2.84. The van der Waals surface area contributed by atoms with Gasteiger partial charge in [0.15, 0.2) is 17.7 Å². The number of rotatable bonds is 5. The van der Waals surface area contributed by atoms with Crippen molar-refractivity contribution in [3.8, 4) is 5.75 Å². The second-order valence-electron chi connectivity index (χ2n) is 7.29. The van der Waals surface area contributed by atoms with Crippen molar-refractivity contribution >= 4 is 5.91 Å². The van der Waals surface area contributed by atoms with Gasteiger partial charge in [-0.25, -0.2) is 8.78 Å². The van der Waals surface area contributed by atoms with E-state index in [-0.39, 0.29) is 17.6 Å². The molecule has 1 aromatic carbocycles. The van der Waals surface area contributed by atoms with E-state index in [1.54, 1.807) is 18.2 Å². The van der Waals surface area contributed by atoms with Crippen LogP contribution in [-0.2, 0) is 4.79 Å². The number of hydrogen-bond acceptors (Lipinski definition) is 4. The lowest BCUT2D eigenvalue weighted by molar-refractivity contribution is -0.139. The number of aromatic nitrogens is 3. The Morgan fingerprint density at radius 3 is 2.81 bits per heavy atom. The standard InChI is InChI=1S/C19H22F2N4O2/c1-12(27-15-6-7-16(20)17(21)9-15)19(26)24-8-2-3-13(10-24)18-23-22-11-25(18)14-4-5-14/h6-7,9,11-14H,2-5,8,10H2,1H3. The number of ether oxygens (including phenoxy) is 1. The third-order valence-electron chi connectivity index (χ3n) is 5.19. The van der Waals surface area contributed by atoms with Gasteiger partial charge in [0.25, 0.3) is 5.91 Å². The highest BCUT2D eigenvalue weighted by Gasteiger charge is 2.33. The predicted octanol–water partition coefficient (Wildman–Crippen LogP) is 3.06. The molecule has 4 rings (SSSR count). The van der Waals surface area contributed by atoms with Gasteiger partial charge in [0.2, 0.25) is 0 Å². The molecular weight excluding hydrogens is 354 g/mol. The molecule has 1 saturated carbocycles. The second-order valence-corrected chi connectivity index (χ2v) is 7.29. The second kappa shape index (κ2) is 7.25. The highest BCUT2D eigenvalue weighted by atomic mass is 19.2. The molecule has 8 heteroatoms. The Morgan fingerprint density at radius 2 is 2.07 bits per heavy atom. The van der Waals surface area contributed by atoms with Gasteiger partial charge in [-0.3, -0.25) is 4.79 Å². The van der Waals surface area contributed by atoms with E-state index >= 15 is 0 Å². The number of hydrogen-bond donors (Lipinski definition) is 0. The van der Waals surface area contributed by atoms with Crippen LogP contribution in [0.15, 0.2) is 24.5 Å². The van der Waals surface area contributed by atoms with Gasteiger partial charge < -0.3 is 14.2 Å². The minimum atomic E-state index is -0.996. The van der Waals surface area contributed by atoms with Crippen LogP contribution in [0.3, 0.4) is 0 Å². The number of likely N-dealkylation sites (tertiary alicyclic amines) is 1. The van der Waals surface area contributed by atoms with Gasteiger partial charge in [-0.05, 0) is 44.7 Å². The summed E-state index contributed by atoms with van der Waals surface area (Å²) in [4.78, 5) is 14.6. The first-order valence-corrected chi connectivity index (χ1v) is 9.33. The highest BCUT2D eigenvalue weighted by Crippen LogP contribution is 2.38. The van der Waals surface area contributed by atoms with Crippen molar-refractivity contribution < 1.29 is 18.3 Å². The molecule has 2 atom stereocenters. The average molecular weight is 376 g/mol. The van der Waals surface area contributed by atoms with Crippen LogP contribution in [0.5, 0.6) is 5.75 Å². The first-order chi connectivity index (χ1) is 13.0. The molecule has 0 spiro atoms. The molecule has 2 aliphatic rings. The fraction of sp³-hybridized carbons (Fsp3) is 0.526. The molecular formula is C19H22F2N4O2. The van der Waals surface area contributed by atoms with Gasteiger partial charge in [0.05, 0.1) is 0 Å². The van der Waals surface area contributed by atoms with Crippen molar-refractivity contribution in [1.29, 1.82) is 0 Å². The zero-order chi connectivity index (χ0) is 19.0. The number of benzene rings is 1. The Labute approximate surface area is 156 Å². The number of piperidine rings is 1. The Balaban J connectivity index is 1.41. The van der Waals surface area contributed by atoms with Gasteiger partial charge >= 0.3 is 0 Å². The first-order valence-electron chi connectivity index (χ1n) is 9.33. The lowest BCUT2D eigenvalue weighted by atomic mass is 9.96. The smallest absolute Gasteiger partial charge is 0.263 e. The molecule has 2 fully saturated rings. The summed E-state index contributed by atoms with van der Waals surface area (Å²) in [7, 11) is 0. The Hall–Kier alpha value is -2.51. The van der Waals surface area contributed by atoms with Crippen molar-refractivity contribution in [2.45, 2.75) is 50.7 Å². The maximum absolute atomic E-state index is 13.3. The van der Waals surface area contributed by atoms with Gasteiger partial charge in [-0.2, -0.15) is 0 Å². The van der Waals surface area contributed by atoms with E-state index in [1.807, 2.05) is 0 Å². The highest BCUT2D eigenvalue weighted by molar-refractivity contribution is 5.81. The molecule has 1 aliphatic heterocycles. The quantitative estimate of drug-likeness (QED) is 0.805. The molecule has 2 aromatic rings. The largest absolute Gasteiger partial charge is 0.481 e. The van der Waals surface area contributed by atoms with Crippen LogP contribution >= 0.6 is 0 Å². The molecule has 0 N–H and O–H groups in total. The normalized spacial score (nSPS) is 21.1. The number of carbonyl (C=O) groups is 1. The van der Waals surface area contributed by atoms with E-state index in [0.29, 0.717) is 19.1 Å². The van der Waals surface area contributed by atoms with Crippen LogP contribution in [0.2, 0.25) is 0 Å². The maximum Gasteiger partial charge on any atom is 0.263 e. The van der Waals surface area contributed by atoms with Gasteiger partial charge in [0.1, 0.15) is 17.9 Å². The molecule has 27 heavy (non-hydrogen) atoms. The SMILES string of the molecule is CC(Oc1ccc(F)c(F)c1)C(=O)N1CCCC(c2nncn2C2CC2)C1. The third kappa shape index (κ3) is 3.79. The summed E-state index contributed by atoms with van der Waals surface area (Å²) >= 11 is 0. The van der Waals surface area contributed by atoms with E-state index in [0.717, 1.165) is 43.6 Å². The molecule has 1 aromatic heterocycles. The fourth-order valence-electron chi connectivity index (χ4n) is 3.63. The van der Waals surface area contributed by atoms with E-state index in [9.17, 15) is 13.6 Å². The maximum atomic E-state index is 13.3. The van der Waals surface area contributed by atoms with Crippen molar-refractivity contribution in [2.24, 2.45) is 0 Å². The summed E-state index contributed by atoms with van der Waals surface area (Å²) in [5, 5.41) is 8.35. The van der Waals surface area contributed by atoms with Crippen LogP contribution in [-0.4, -0.2) is 44.8 Å². The zero-order valence-corrected chi connectivity index (χ0v) is 15.1. The van der Waals surface area contributed by atoms with Gasteiger partial charge in [0, 0.05) is 31.1 Å². The molecule has 1 saturated heterocycles. The summed E-state index contributed by atoms with van der Waals surface area (Å²) in [5.74, 6) is -0.867. The molecule has 144 valence electrons. The Kier molecular flexibility index (Phi) is 4.80. The van der Waals surface area contributed by atoms with Gasteiger partial charge in [-0.15, -0.1) is 10.2 Å². The van der Waals surface area contributed by atoms with Crippen molar-refractivity contribution in [3.63, 3.8) is 0 Å². The zero-order valence-electron chi connectivity index (χ0n) is 15.1. The van der Waals surface area contributed by atoms with Crippen LogP contribution in [0.25, 0.3) is 0 Å². The Morgan fingerprint density at radius 1 is 1.26 bits per heavy atom. The van der Waals surface area contributed by atoms with Crippen molar-refractivity contribution in [1.82, 2.24) is 19.7 Å². The molecule has 0 bridgehead atoms. The minimum absolute atomic E-state index is 0.136. The topological polar surface area (TPSA) is 60.2 Å². The monoisotopic (exact) mass is 376 g/mol. The summed E-state index contributed by atoms with van der Waals surface area (Å²) in [6, 6.07) is 3.76. The number of nitrogens with zero attached hydrogens (tertiary/aromatic N) is 4. The molecule has 1 amide bonds. The summed E-state index contributed by atoms with van der Waals surface area (Å²) in [5.41, 5.74) is 0. The average Bonchev–Trinajstić information content (AvgIpc) is 3.40. The third-order valence-corrected chi connectivity index (χ3v) is 5.19. The molecule has 0 radical (unpaired) electrons. The van der Waals surface area contributed by atoms with Crippen LogP contribution in [0.4, 0.5) is 8.78 Å². The van der Waals surface area contributed by atoms with E-state index in [1.165, 1.54) is 6.07 Å².